The van der Waals surface area contributed by atoms with Crippen molar-refractivity contribution in [3.63, 3.8) is 0 Å². The molecule has 1 aliphatic carbocycles. The van der Waals surface area contributed by atoms with Gasteiger partial charge in [0.15, 0.2) is 0 Å². The second-order valence-electron chi connectivity index (χ2n) is 4.85. The number of fused-ring (bicyclic) bond motifs is 1. The van der Waals surface area contributed by atoms with Gasteiger partial charge in [-0.1, -0.05) is 24.3 Å². The number of alkyl halides is 2. The van der Waals surface area contributed by atoms with Gasteiger partial charge in [0.25, 0.3) is 0 Å². The molecule has 0 aromatic heterocycles. The molecule has 2 nitrogen and oxygen atoms in total. The molecule has 1 aliphatic rings. The number of rotatable bonds is 1. The summed E-state index contributed by atoms with van der Waals surface area (Å²) >= 11 is 0. The van der Waals surface area contributed by atoms with E-state index in [0.29, 0.717) is 12.0 Å². The standard InChI is InChI=1S/C15H12F2N2/c1-15(14(16)17)7-6-10-4-2-3-5-12(10)13(15)11(8-18)9-19/h2-5,14H,6-7H2,1H3. The summed E-state index contributed by atoms with van der Waals surface area (Å²) in [6.07, 6.45) is -1.83. The summed E-state index contributed by atoms with van der Waals surface area (Å²) in [5.74, 6) is 0. The van der Waals surface area contributed by atoms with E-state index in [0.717, 1.165) is 5.56 Å². The molecular formula is C15H12F2N2. The average molecular weight is 258 g/mol. The van der Waals surface area contributed by atoms with E-state index in [-0.39, 0.29) is 17.6 Å². The summed E-state index contributed by atoms with van der Waals surface area (Å²) in [5.41, 5.74) is 0.0624. The first-order valence-electron chi connectivity index (χ1n) is 5.96. The zero-order valence-corrected chi connectivity index (χ0v) is 10.5. The number of allylic oxidation sites excluding steroid dienone is 2. The predicted molar refractivity (Wildman–Crippen MR) is 67.0 cm³/mol. The van der Waals surface area contributed by atoms with Crippen molar-refractivity contribution in [3.05, 3.63) is 41.0 Å². The highest BCUT2D eigenvalue weighted by Crippen LogP contribution is 2.49. The third kappa shape index (κ3) is 2.00. The molecule has 4 heteroatoms. The predicted octanol–water partition coefficient (Wildman–Crippen LogP) is 3.70. The molecule has 0 saturated heterocycles. The third-order valence-electron chi connectivity index (χ3n) is 3.73. The molecule has 0 N–H and O–H groups in total. The van der Waals surface area contributed by atoms with Crippen LogP contribution in [0, 0.1) is 28.1 Å². The molecule has 1 aromatic carbocycles. The molecule has 0 saturated carbocycles. The minimum Gasteiger partial charge on any atom is -0.210 e. The second-order valence-corrected chi connectivity index (χ2v) is 4.85. The van der Waals surface area contributed by atoms with Crippen LogP contribution in [0.4, 0.5) is 8.78 Å². The largest absolute Gasteiger partial charge is 0.247 e. The first-order valence-corrected chi connectivity index (χ1v) is 5.96. The lowest BCUT2D eigenvalue weighted by Gasteiger charge is -2.37. The Morgan fingerprint density at radius 1 is 1.26 bits per heavy atom. The van der Waals surface area contributed by atoms with E-state index in [1.165, 1.54) is 6.92 Å². The molecular weight excluding hydrogens is 246 g/mol. The summed E-state index contributed by atoms with van der Waals surface area (Å²) in [7, 11) is 0. The maximum absolute atomic E-state index is 13.4. The SMILES string of the molecule is CC1(C(F)F)CCc2ccccc2C1=C(C#N)C#N. The lowest BCUT2D eigenvalue weighted by molar-refractivity contribution is 0.0388. The first kappa shape index (κ1) is 13.2. The van der Waals surface area contributed by atoms with Crippen LogP contribution in [0.2, 0.25) is 0 Å². The number of hydrogen-bond acceptors (Lipinski definition) is 2. The number of hydrogen-bond donors (Lipinski definition) is 0. The molecule has 0 bridgehead atoms. The minimum atomic E-state index is -2.60. The van der Waals surface area contributed by atoms with Gasteiger partial charge >= 0.3 is 0 Å². The lowest BCUT2D eigenvalue weighted by Crippen LogP contribution is -2.32. The van der Waals surface area contributed by atoms with Crippen molar-refractivity contribution >= 4 is 5.57 Å². The van der Waals surface area contributed by atoms with Gasteiger partial charge in [-0.3, -0.25) is 0 Å². The van der Waals surface area contributed by atoms with Crippen LogP contribution in [0.3, 0.4) is 0 Å². The minimum absolute atomic E-state index is 0.189. The third-order valence-corrected chi connectivity index (χ3v) is 3.73. The Morgan fingerprint density at radius 2 is 1.89 bits per heavy atom. The number of halogens is 2. The summed E-state index contributed by atoms with van der Waals surface area (Å²) in [4.78, 5) is 0. The Balaban J connectivity index is 2.78. The van der Waals surface area contributed by atoms with Crippen LogP contribution in [0.5, 0.6) is 0 Å². The fourth-order valence-corrected chi connectivity index (χ4v) is 2.58. The van der Waals surface area contributed by atoms with E-state index in [1.54, 1.807) is 24.3 Å². The van der Waals surface area contributed by atoms with Crippen LogP contribution in [-0.2, 0) is 6.42 Å². The van der Waals surface area contributed by atoms with Gasteiger partial charge in [-0.25, -0.2) is 8.78 Å². The zero-order valence-electron chi connectivity index (χ0n) is 10.5. The Labute approximate surface area is 110 Å². The van der Waals surface area contributed by atoms with Crippen LogP contribution < -0.4 is 0 Å². The molecule has 1 unspecified atom stereocenters. The van der Waals surface area contributed by atoms with Crippen molar-refractivity contribution < 1.29 is 8.78 Å². The average Bonchev–Trinajstić information content (AvgIpc) is 2.42. The van der Waals surface area contributed by atoms with Gasteiger partial charge in [0, 0.05) is 0 Å². The maximum atomic E-state index is 13.4. The maximum Gasteiger partial charge on any atom is 0.247 e. The van der Waals surface area contributed by atoms with Gasteiger partial charge in [-0.05, 0) is 36.5 Å². The van der Waals surface area contributed by atoms with Crippen LogP contribution in [0.15, 0.2) is 29.8 Å². The Hall–Kier alpha value is -2.20. The monoisotopic (exact) mass is 258 g/mol. The van der Waals surface area contributed by atoms with E-state index in [1.807, 2.05) is 12.1 Å². The van der Waals surface area contributed by atoms with Crippen LogP contribution in [0.25, 0.3) is 5.57 Å². The van der Waals surface area contributed by atoms with E-state index >= 15 is 0 Å². The molecule has 0 spiro atoms. The summed E-state index contributed by atoms with van der Waals surface area (Å²) < 4.78 is 26.9. The van der Waals surface area contributed by atoms with E-state index < -0.39 is 11.8 Å². The number of aryl methyl sites for hydroxylation is 1. The van der Waals surface area contributed by atoms with Crippen LogP contribution in [0.1, 0.15) is 24.5 Å². The summed E-state index contributed by atoms with van der Waals surface area (Å²) in [5, 5.41) is 18.1. The van der Waals surface area contributed by atoms with Gasteiger partial charge in [0.05, 0.1) is 5.41 Å². The van der Waals surface area contributed by atoms with Crippen LogP contribution >= 0.6 is 0 Å². The summed E-state index contributed by atoms with van der Waals surface area (Å²) in [6, 6.07) is 10.6. The molecule has 1 atom stereocenters. The normalized spacial score (nSPS) is 21.5. The number of benzene rings is 1. The van der Waals surface area contributed by atoms with E-state index in [9.17, 15) is 8.78 Å². The van der Waals surface area contributed by atoms with Crippen molar-refractivity contribution in [2.45, 2.75) is 26.2 Å². The quantitative estimate of drug-likeness (QED) is 0.721. The Kier molecular flexibility index (Phi) is 3.36. The van der Waals surface area contributed by atoms with E-state index in [4.69, 9.17) is 10.5 Å². The Morgan fingerprint density at radius 3 is 2.47 bits per heavy atom. The van der Waals surface area contributed by atoms with Gasteiger partial charge in [-0.2, -0.15) is 10.5 Å². The highest BCUT2D eigenvalue weighted by molar-refractivity contribution is 5.81. The molecule has 96 valence electrons. The molecule has 0 heterocycles. The van der Waals surface area contributed by atoms with Gasteiger partial charge in [-0.15, -0.1) is 0 Å². The lowest BCUT2D eigenvalue weighted by atomic mass is 9.67. The van der Waals surface area contributed by atoms with Crippen molar-refractivity contribution in [1.29, 1.82) is 10.5 Å². The molecule has 0 radical (unpaired) electrons. The molecule has 0 aliphatic heterocycles. The highest BCUT2D eigenvalue weighted by atomic mass is 19.3. The fraction of sp³-hybridized carbons (Fsp3) is 0.333. The van der Waals surface area contributed by atoms with Gasteiger partial charge in [0.2, 0.25) is 6.43 Å². The smallest absolute Gasteiger partial charge is 0.210 e. The molecule has 19 heavy (non-hydrogen) atoms. The van der Waals surface area contributed by atoms with Gasteiger partial charge in [0.1, 0.15) is 17.7 Å². The fourth-order valence-electron chi connectivity index (χ4n) is 2.58. The van der Waals surface area contributed by atoms with Crippen LogP contribution in [-0.4, -0.2) is 6.43 Å². The van der Waals surface area contributed by atoms with Crippen molar-refractivity contribution in [3.8, 4) is 12.1 Å². The number of nitrogens with zero attached hydrogens (tertiary/aromatic N) is 2. The highest BCUT2D eigenvalue weighted by Gasteiger charge is 2.44. The van der Waals surface area contributed by atoms with Crippen molar-refractivity contribution in [2.24, 2.45) is 5.41 Å². The zero-order chi connectivity index (χ0) is 14.0. The second kappa shape index (κ2) is 4.82. The molecule has 0 amide bonds. The number of nitriles is 2. The molecule has 1 aromatic rings. The van der Waals surface area contributed by atoms with Crippen molar-refractivity contribution in [1.82, 2.24) is 0 Å². The van der Waals surface area contributed by atoms with Crippen molar-refractivity contribution in [2.75, 3.05) is 0 Å². The molecule has 2 rings (SSSR count). The van der Waals surface area contributed by atoms with Gasteiger partial charge < -0.3 is 0 Å². The topological polar surface area (TPSA) is 47.6 Å². The van der Waals surface area contributed by atoms with E-state index in [2.05, 4.69) is 0 Å². The summed E-state index contributed by atoms with van der Waals surface area (Å²) in [6.45, 7) is 1.43. The Bertz CT molecular complexity index is 604. The molecule has 0 fully saturated rings. The first-order chi connectivity index (χ1) is 9.04.